The van der Waals surface area contributed by atoms with E-state index >= 15 is 0 Å². The van der Waals surface area contributed by atoms with Crippen LogP contribution in [-0.2, 0) is 10.2 Å². The van der Waals surface area contributed by atoms with E-state index in [1.807, 2.05) is 34.6 Å². The van der Waals surface area contributed by atoms with Crippen molar-refractivity contribution in [3.63, 3.8) is 0 Å². The molecule has 1 amide bonds. The molecule has 1 unspecified atom stereocenters. The van der Waals surface area contributed by atoms with E-state index in [-0.39, 0.29) is 23.9 Å². The highest BCUT2D eigenvalue weighted by atomic mass is 32.1. The van der Waals surface area contributed by atoms with Gasteiger partial charge in [-0.25, -0.2) is 4.98 Å². The van der Waals surface area contributed by atoms with Crippen molar-refractivity contribution in [3.8, 4) is 0 Å². The summed E-state index contributed by atoms with van der Waals surface area (Å²) in [6.45, 7) is 9.57. The number of carboxylic acid groups (broad SMARTS) is 1. The predicted octanol–water partition coefficient (Wildman–Crippen LogP) is 2.77. The fourth-order valence-corrected chi connectivity index (χ4v) is 2.54. The summed E-state index contributed by atoms with van der Waals surface area (Å²) < 4.78 is 0. The van der Waals surface area contributed by atoms with Gasteiger partial charge in [0.2, 0.25) is 0 Å². The zero-order valence-corrected chi connectivity index (χ0v) is 13.5. The first-order valence-corrected chi connectivity index (χ1v) is 7.53. The molecule has 1 atom stereocenters. The van der Waals surface area contributed by atoms with E-state index in [9.17, 15) is 9.59 Å². The monoisotopic (exact) mass is 298 g/mol. The summed E-state index contributed by atoms with van der Waals surface area (Å²) in [6.07, 6.45) is 0.704. The largest absolute Gasteiger partial charge is 0.480 e. The average Bonchev–Trinajstić information content (AvgIpc) is 2.83. The molecule has 1 aromatic heterocycles. The SMILES string of the molecule is CCC(C)N(CC(=O)O)C(=O)c1csc(C(C)(C)C)n1. The Morgan fingerprint density at radius 3 is 2.45 bits per heavy atom. The molecule has 6 heteroatoms. The molecule has 1 N–H and O–H groups in total. The maximum Gasteiger partial charge on any atom is 0.323 e. The second kappa shape index (κ2) is 6.35. The number of carbonyl (C=O) groups excluding carboxylic acids is 1. The standard InChI is InChI=1S/C14H22N2O3S/c1-6-9(2)16(7-11(17)18)12(19)10-8-20-13(15-10)14(3,4)5/h8-9H,6-7H2,1-5H3,(H,17,18). The first kappa shape index (κ1) is 16.6. The van der Waals surface area contributed by atoms with Crippen LogP contribution in [0.25, 0.3) is 0 Å². The lowest BCUT2D eigenvalue weighted by Crippen LogP contribution is -2.42. The second-order valence-corrected chi connectivity index (χ2v) is 6.73. The Balaban J connectivity index is 3.00. The number of carbonyl (C=O) groups is 2. The number of aliphatic carboxylic acids is 1. The predicted molar refractivity (Wildman–Crippen MR) is 79.2 cm³/mol. The summed E-state index contributed by atoms with van der Waals surface area (Å²) in [7, 11) is 0. The first-order valence-electron chi connectivity index (χ1n) is 6.65. The summed E-state index contributed by atoms with van der Waals surface area (Å²) in [6, 6.07) is -0.126. The van der Waals surface area contributed by atoms with Crippen LogP contribution in [0.4, 0.5) is 0 Å². The minimum atomic E-state index is -1.01. The Kier molecular flexibility index (Phi) is 5.28. The highest BCUT2D eigenvalue weighted by Crippen LogP contribution is 2.26. The van der Waals surface area contributed by atoms with E-state index in [1.165, 1.54) is 16.2 Å². The Hall–Kier alpha value is -1.43. The summed E-state index contributed by atoms with van der Waals surface area (Å²) in [5.74, 6) is -1.32. The van der Waals surface area contributed by atoms with Crippen LogP contribution in [-0.4, -0.2) is 39.5 Å². The van der Waals surface area contributed by atoms with E-state index in [1.54, 1.807) is 5.38 Å². The van der Waals surface area contributed by atoms with Gasteiger partial charge in [-0.05, 0) is 13.3 Å². The Morgan fingerprint density at radius 2 is 2.05 bits per heavy atom. The van der Waals surface area contributed by atoms with Crippen LogP contribution in [0.15, 0.2) is 5.38 Å². The third-order valence-corrected chi connectivity index (χ3v) is 4.32. The molecule has 112 valence electrons. The average molecular weight is 298 g/mol. The maximum atomic E-state index is 12.4. The second-order valence-electron chi connectivity index (χ2n) is 5.87. The van der Waals surface area contributed by atoms with E-state index in [2.05, 4.69) is 4.98 Å². The van der Waals surface area contributed by atoms with Crippen LogP contribution >= 0.6 is 11.3 Å². The minimum absolute atomic E-state index is 0.114. The van der Waals surface area contributed by atoms with Gasteiger partial charge in [0.15, 0.2) is 0 Å². The minimum Gasteiger partial charge on any atom is -0.480 e. The molecule has 0 aliphatic heterocycles. The molecule has 1 rings (SSSR count). The lowest BCUT2D eigenvalue weighted by Gasteiger charge is -2.26. The van der Waals surface area contributed by atoms with Crippen LogP contribution in [0, 0.1) is 0 Å². The van der Waals surface area contributed by atoms with Gasteiger partial charge in [-0.3, -0.25) is 9.59 Å². The zero-order valence-electron chi connectivity index (χ0n) is 12.6. The topological polar surface area (TPSA) is 70.5 Å². The maximum absolute atomic E-state index is 12.4. The van der Waals surface area contributed by atoms with E-state index < -0.39 is 5.97 Å². The van der Waals surface area contributed by atoms with Gasteiger partial charge in [0.05, 0.1) is 5.01 Å². The van der Waals surface area contributed by atoms with Crippen molar-refractivity contribution in [2.75, 3.05) is 6.54 Å². The smallest absolute Gasteiger partial charge is 0.323 e. The molecule has 0 saturated heterocycles. The summed E-state index contributed by atoms with van der Waals surface area (Å²) in [4.78, 5) is 29.1. The van der Waals surface area contributed by atoms with Crippen LogP contribution in [0.5, 0.6) is 0 Å². The van der Waals surface area contributed by atoms with Gasteiger partial charge in [0, 0.05) is 16.8 Å². The molecule has 0 bridgehead atoms. The van der Waals surface area contributed by atoms with E-state index in [0.29, 0.717) is 12.1 Å². The molecule has 0 saturated carbocycles. The molecular formula is C14H22N2O3S. The van der Waals surface area contributed by atoms with E-state index in [0.717, 1.165) is 5.01 Å². The normalized spacial score (nSPS) is 13.1. The van der Waals surface area contributed by atoms with Gasteiger partial charge in [0.25, 0.3) is 5.91 Å². The highest BCUT2D eigenvalue weighted by molar-refractivity contribution is 7.10. The molecule has 1 aromatic rings. The van der Waals surface area contributed by atoms with Gasteiger partial charge < -0.3 is 10.0 Å². The Labute approximate surface area is 123 Å². The quantitative estimate of drug-likeness (QED) is 0.907. The van der Waals surface area contributed by atoms with Gasteiger partial charge in [0.1, 0.15) is 12.2 Å². The van der Waals surface area contributed by atoms with Crippen molar-refractivity contribution in [3.05, 3.63) is 16.1 Å². The Bertz CT molecular complexity index is 491. The fourth-order valence-electron chi connectivity index (χ4n) is 1.66. The van der Waals surface area contributed by atoms with Gasteiger partial charge in [-0.2, -0.15) is 0 Å². The first-order chi connectivity index (χ1) is 9.16. The molecule has 5 nitrogen and oxygen atoms in total. The van der Waals surface area contributed by atoms with E-state index in [4.69, 9.17) is 5.11 Å². The molecule has 0 spiro atoms. The van der Waals surface area contributed by atoms with Crippen molar-refractivity contribution in [2.24, 2.45) is 0 Å². The number of thiazole rings is 1. The zero-order chi connectivity index (χ0) is 15.5. The molecular weight excluding hydrogens is 276 g/mol. The third kappa shape index (κ3) is 4.03. The summed E-state index contributed by atoms with van der Waals surface area (Å²) in [5, 5.41) is 11.5. The van der Waals surface area contributed by atoms with Crippen LogP contribution in [0.2, 0.25) is 0 Å². The molecule has 0 aromatic carbocycles. The van der Waals surface area contributed by atoms with Crippen molar-refractivity contribution in [2.45, 2.75) is 52.5 Å². The van der Waals surface area contributed by atoms with Crippen molar-refractivity contribution in [1.29, 1.82) is 0 Å². The lowest BCUT2D eigenvalue weighted by atomic mass is 9.98. The number of hydrogen-bond donors (Lipinski definition) is 1. The van der Waals surface area contributed by atoms with Crippen molar-refractivity contribution < 1.29 is 14.7 Å². The van der Waals surface area contributed by atoms with Gasteiger partial charge in [-0.1, -0.05) is 27.7 Å². The molecule has 0 aliphatic rings. The number of carboxylic acids is 1. The highest BCUT2D eigenvalue weighted by Gasteiger charge is 2.26. The van der Waals surface area contributed by atoms with Crippen LogP contribution < -0.4 is 0 Å². The number of aromatic nitrogens is 1. The Morgan fingerprint density at radius 1 is 1.45 bits per heavy atom. The third-order valence-electron chi connectivity index (χ3n) is 3.05. The van der Waals surface area contributed by atoms with Gasteiger partial charge >= 0.3 is 5.97 Å². The van der Waals surface area contributed by atoms with Crippen molar-refractivity contribution >= 4 is 23.2 Å². The number of rotatable bonds is 5. The molecule has 0 fully saturated rings. The summed E-state index contributed by atoms with van der Waals surface area (Å²) in [5.41, 5.74) is 0.221. The van der Waals surface area contributed by atoms with Crippen LogP contribution in [0.3, 0.4) is 0 Å². The molecule has 0 radical (unpaired) electrons. The molecule has 0 aliphatic carbocycles. The lowest BCUT2D eigenvalue weighted by molar-refractivity contribution is -0.138. The number of amides is 1. The number of nitrogens with zero attached hydrogens (tertiary/aromatic N) is 2. The molecule has 1 heterocycles. The van der Waals surface area contributed by atoms with Crippen molar-refractivity contribution in [1.82, 2.24) is 9.88 Å². The number of hydrogen-bond acceptors (Lipinski definition) is 4. The van der Waals surface area contributed by atoms with Crippen LogP contribution in [0.1, 0.15) is 56.5 Å². The fraction of sp³-hybridized carbons (Fsp3) is 0.643. The molecule has 20 heavy (non-hydrogen) atoms. The summed E-state index contributed by atoms with van der Waals surface area (Å²) >= 11 is 1.43. The van der Waals surface area contributed by atoms with Gasteiger partial charge in [-0.15, -0.1) is 11.3 Å².